The van der Waals surface area contributed by atoms with Crippen LogP contribution in [-0.2, 0) is 0 Å². The molecular weight excluding hydrogens is 315 g/mol. The van der Waals surface area contributed by atoms with Crippen molar-refractivity contribution < 1.29 is 9.18 Å². The van der Waals surface area contributed by atoms with Gasteiger partial charge >= 0.3 is 6.03 Å². The minimum Gasteiger partial charge on any atom is -0.335 e. The van der Waals surface area contributed by atoms with Crippen LogP contribution in [0, 0.1) is 29.0 Å². The van der Waals surface area contributed by atoms with E-state index in [-0.39, 0.29) is 17.9 Å². The van der Waals surface area contributed by atoms with Gasteiger partial charge in [-0.15, -0.1) is 0 Å². The van der Waals surface area contributed by atoms with Gasteiger partial charge in [-0.3, -0.25) is 0 Å². The molecule has 25 heavy (non-hydrogen) atoms. The Labute approximate surface area is 149 Å². The second-order valence-electron chi connectivity index (χ2n) is 8.51. The topological polar surface area (TPSA) is 41.1 Å². The Morgan fingerprint density at radius 1 is 1.20 bits per heavy atom. The predicted octanol–water partition coefficient (Wildman–Crippen LogP) is 4.70. The Bertz CT molecular complexity index is 649. The van der Waals surface area contributed by atoms with Gasteiger partial charge in [-0.25, -0.2) is 9.18 Å². The molecule has 0 radical (unpaired) electrons. The fourth-order valence-electron chi connectivity index (χ4n) is 5.92. The molecule has 5 rings (SSSR count). The summed E-state index contributed by atoms with van der Waals surface area (Å²) in [6.45, 7) is 2.17. The molecule has 1 unspecified atom stereocenters. The van der Waals surface area contributed by atoms with E-state index >= 15 is 0 Å². The first-order chi connectivity index (χ1) is 12.0. The van der Waals surface area contributed by atoms with E-state index < -0.39 is 0 Å². The molecule has 4 aliphatic carbocycles. The number of amides is 2. The lowest BCUT2D eigenvalue weighted by molar-refractivity contribution is -0.0681. The van der Waals surface area contributed by atoms with E-state index in [9.17, 15) is 9.18 Å². The SMILES string of the molecule is CC(NC(=O)N/C=C/c1cccc(F)c1)C12CC3CC(CC(C3)C1)C2. The number of nitrogens with one attached hydrogen (secondary N) is 2. The first kappa shape index (κ1) is 16.6. The standard InChI is InChI=1S/C21H27FN2O/c1-14(21-11-16-7-17(12-21)9-18(8-16)13-21)24-20(25)23-6-5-15-3-2-4-19(22)10-15/h2-6,10,14,16-18H,7-9,11-13H2,1H3,(H2,23,24,25)/b6-5+. The maximum atomic E-state index is 13.2. The molecule has 4 fully saturated rings. The molecule has 4 aliphatic rings. The highest BCUT2D eigenvalue weighted by atomic mass is 19.1. The summed E-state index contributed by atoms with van der Waals surface area (Å²) in [6, 6.07) is 6.33. The van der Waals surface area contributed by atoms with Gasteiger partial charge in [0.05, 0.1) is 0 Å². The van der Waals surface area contributed by atoms with Gasteiger partial charge in [-0.05, 0) is 92.4 Å². The Hall–Kier alpha value is -1.84. The summed E-state index contributed by atoms with van der Waals surface area (Å²) in [5.41, 5.74) is 1.03. The van der Waals surface area contributed by atoms with Gasteiger partial charge in [0.2, 0.25) is 0 Å². The summed E-state index contributed by atoms with van der Waals surface area (Å²) in [6.07, 6.45) is 11.4. The molecule has 1 atom stereocenters. The molecule has 1 aromatic rings. The van der Waals surface area contributed by atoms with Crippen molar-refractivity contribution in [3.63, 3.8) is 0 Å². The minimum absolute atomic E-state index is 0.170. The molecule has 1 aromatic carbocycles. The number of halogens is 1. The highest BCUT2D eigenvalue weighted by Crippen LogP contribution is 2.61. The smallest absolute Gasteiger partial charge is 0.318 e. The summed E-state index contributed by atoms with van der Waals surface area (Å²) in [5.74, 6) is 2.37. The van der Waals surface area contributed by atoms with E-state index in [1.54, 1.807) is 24.4 Å². The molecule has 2 amide bonds. The Balaban J connectivity index is 1.33. The van der Waals surface area contributed by atoms with E-state index in [0.717, 1.165) is 23.3 Å². The normalized spacial score (nSPS) is 34.2. The maximum Gasteiger partial charge on any atom is 0.318 e. The van der Waals surface area contributed by atoms with Gasteiger partial charge in [-0.2, -0.15) is 0 Å². The van der Waals surface area contributed by atoms with Crippen LogP contribution in [0.3, 0.4) is 0 Å². The molecule has 4 heteroatoms. The molecule has 2 N–H and O–H groups in total. The number of urea groups is 1. The van der Waals surface area contributed by atoms with Crippen molar-refractivity contribution in [1.29, 1.82) is 0 Å². The fourth-order valence-corrected chi connectivity index (χ4v) is 5.92. The molecule has 0 aliphatic heterocycles. The summed E-state index contributed by atoms with van der Waals surface area (Å²) in [7, 11) is 0. The van der Waals surface area contributed by atoms with Crippen LogP contribution >= 0.6 is 0 Å². The quantitative estimate of drug-likeness (QED) is 0.818. The Morgan fingerprint density at radius 2 is 1.84 bits per heavy atom. The fraction of sp³-hybridized carbons (Fsp3) is 0.571. The Kier molecular flexibility index (Phi) is 4.30. The van der Waals surface area contributed by atoms with Crippen LogP contribution in [0.2, 0.25) is 0 Å². The molecule has 0 saturated heterocycles. The lowest BCUT2D eigenvalue weighted by Crippen LogP contribution is -2.56. The van der Waals surface area contributed by atoms with Gasteiger partial charge in [-0.1, -0.05) is 12.1 Å². The van der Waals surface area contributed by atoms with Crippen LogP contribution in [0.4, 0.5) is 9.18 Å². The lowest BCUT2D eigenvalue weighted by Gasteiger charge is -2.59. The van der Waals surface area contributed by atoms with Gasteiger partial charge in [0.15, 0.2) is 0 Å². The van der Waals surface area contributed by atoms with Crippen LogP contribution in [0.5, 0.6) is 0 Å². The zero-order valence-corrected chi connectivity index (χ0v) is 14.8. The maximum absolute atomic E-state index is 13.2. The second-order valence-corrected chi connectivity index (χ2v) is 8.51. The molecule has 4 bridgehead atoms. The highest BCUT2D eigenvalue weighted by molar-refractivity contribution is 5.76. The molecule has 3 nitrogen and oxygen atoms in total. The first-order valence-electron chi connectivity index (χ1n) is 9.51. The zero-order chi connectivity index (χ0) is 17.4. The van der Waals surface area contributed by atoms with Crippen molar-refractivity contribution in [3.05, 3.63) is 41.8 Å². The number of rotatable bonds is 4. The number of benzene rings is 1. The highest BCUT2D eigenvalue weighted by Gasteiger charge is 2.53. The lowest BCUT2D eigenvalue weighted by atomic mass is 9.48. The van der Waals surface area contributed by atoms with E-state index in [2.05, 4.69) is 17.6 Å². The van der Waals surface area contributed by atoms with Crippen molar-refractivity contribution in [2.75, 3.05) is 0 Å². The summed E-state index contributed by atoms with van der Waals surface area (Å²) >= 11 is 0. The number of hydrogen-bond donors (Lipinski definition) is 2. The third-order valence-electron chi connectivity index (χ3n) is 6.69. The number of hydrogen-bond acceptors (Lipinski definition) is 1. The summed E-state index contributed by atoms with van der Waals surface area (Å²) in [4.78, 5) is 12.3. The number of carbonyl (C=O) groups excluding carboxylic acids is 1. The predicted molar refractivity (Wildman–Crippen MR) is 97.2 cm³/mol. The van der Waals surface area contributed by atoms with E-state index in [1.165, 1.54) is 50.7 Å². The van der Waals surface area contributed by atoms with E-state index in [4.69, 9.17) is 0 Å². The van der Waals surface area contributed by atoms with Crippen molar-refractivity contribution in [2.24, 2.45) is 23.2 Å². The van der Waals surface area contributed by atoms with Crippen LogP contribution in [-0.4, -0.2) is 12.1 Å². The summed E-state index contributed by atoms with van der Waals surface area (Å²) < 4.78 is 13.2. The van der Waals surface area contributed by atoms with Crippen molar-refractivity contribution in [1.82, 2.24) is 10.6 Å². The van der Waals surface area contributed by atoms with Crippen molar-refractivity contribution in [3.8, 4) is 0 Å². The minimum atomic E-state index is -0.276. The van der Waals surface area contributed by atoms with Gasteiger partial charge in [0.1, 0.15) is 5.82 Å². The monoisotopic (exact) mass is 342 g/mol. The third kappa shape index (κ3) is 3.44. The summed E-state index contributed by atoms with van der Waals surface area (Å²) in [5, 5.41) is 5.92. The van der Waals surface area contributed by atoms with Crippen LogP contribution in [0.15, 0.2) is 30.5 Å². The average molecular weight is 342 g/mol. The van der Waals surface area contributed by atoms with Crippen LogP contribution in [0.1, 0.15) is 51.0 Å². The molecule has 4 saturated carbocycles. The van der Waals surface area contributed by atoms with Gasteiger partial charge < -0.3 is 10.6 Å². The van der Waals surface area contributed by atoms with Gasteiger partial charge in [0, 0.05) is 12.2 Å². The molecule has 0 aromatic heterocycles. The van der Waals surface area contributed by atoms with Crippen LogP contribution in [0.25, 0.3) is 6.08 Å². The number of carbonyl (C=O) groups is 1. The molecule has 0 spiro atoms. The average Bonchev–Trinajstić information content (AvgIpc) is 2.53. The van der Waals surface area contributed by atoms with Gasteiger partial charge in [0.25, 0.3) is 0 Å². The first-order valence-corrected chi connectivity index (χ1v) is 9.51. The zero-order valence-electron chi connectivity index (χ0n) is 14.8. The second kappa shape index (κ2) is 6.47. The molecule has 0 heterocycles. The third-order valence-corrected chi connectivity index (χ3v) is 6.69. The Morgan fingerprint density at radius 3 is 2.44 bits per heavy atom. The van der Waals surface area contributed by atoms with Crippen LogP contribution < -0.4 is 10.6 Å². The molecular formula is C21H27FN2O. The van der Waals surface area contributed by atoms with Crippen molar-refractivity contribution in [2.45, 2.75) is 51.5 Å². The van der Waals surface area contributed by atoms with Crippen molar-refractivity contribution >= 4 is 12.1 Å². The van der Waals surface area contributed by atoms with E-state index in [1.807, 2.05) is 0 Å². The van der Waals surface area contributed by atoms with E-state index in [0.29, 0.717) is 5.41 Å². The molecule has 134 valence electrons. The largest absolute Gasteiger partial charge is 0.335 e.